The highest BCUT2D eigenvalue weighted by molar-refractivity contribution is 9.10. The first kappa shape index (κ1) is 32.5. The summed E-state index contributed by atoms with van der Waals surface area (Å²) in [4.78, 5) is 34.4. The Morgan fingerprint density at radius 1 is 1.12 bits per heavy atom. The van der Waals surface area contributed by atoms with Gasteiger partial charge in [-0.2, -0.15) is 20.1 Å². The molecule has 0 saturated heterocycles. The first-order chi connectivity index (χ1) is 14.9. The highest BCUT2D eigenvalue weighted by Gasteiger charge is 2.25. The molecule has 0 aromatic carbocycles. The van der Waals surface area contributed by atoms with Crippen molar-refractivity contribution in [1.82, 2.24) is 20.0 Å². The quantitative estimate of drug-likeness (QED) is 0.376. The van der Waals surface area contributed by atoms with Gasteiger partial charge in [0.05, 0.1) is 19.3 Å². The van der Waals surface area contributed by atoms with E-state index in [9.17, 15) is 14.4 Å². The molecule has 0 aliphatic heterocycles. The number of aromatic nitrogens is 4. The fraction of sp³-hybridized carbons (Fsp3) is 0.500. The van der Waals surface area contributed by atoms with Gasteiger partial charge in [0.25, 0.3) is 0 Å². The van der Waals surface area contributed by atoms with Crippen molar-refractivity contribution in [2.45, 2.75) is 54.6 Å². The summed E-state index contributed by atoms with van der Waals surface area (Å²) in [5.74, 6) is -1.03. The Morgan fingerprint density at radius 3 is 2.06 bits per heavy atom. The molecule has 2 aromatic heterocycles. The minimum atomic E-state index is -0.726. The fourth-order valence-electron chi connectivity index (χ4n) is 1.75. The van der Waals surface area contributed by atoms with Crippen LogP contribution >= 0.6 is 31.9 Å². The topological polar surface area (TPSA) is 149 Å². The van der Waals surface area contributed by atoms with Crippen molar-refractivity contribution in [3.05, 3.63) is 32.7 Å². The van der Waals surface area contributed by atoms with Crippen molar-refractivity contribution in [3.63, 3.8) is 0 Å². The SMILES string of the molecule is C.CC#N.CCOC(=O)c1cc(Br)[nH]n1.CCOC(=O)c1cc(Br)nn1C(=O)OC(C)(C)C. The summed E-state index contributed by atoms with van der Waals surface area (Å²) in [6.45, 7) is 10.6. The normalized spacial score (nSPS) is 9.55. The zero-order valence-electron chi connectivity index (χ0n) is 18.6. The lowest BCUT2D eigenvalue weighted by atomic mass is 10.2. The van der Waals surface area contributed by atoms with Gasteiger partial charge in [-0.15, -0.1) is 0 Å². The van der Waals surface area contributed by atoms with E-state index < -0.39 is 23.6 Å². The maximum absolute atomic E-state index is 11.9. The number of carbonyl (C=O) groups is 3. The van der Waals surface area contributed by atoms with E-state index in [4.69, 9.17) is 19.5 Å². The van der Waals surface area contributed by atoms with Crippen LogP contribution in [0.3, 0.4) is 0 Å². The number of hydrogen-bond acceptors (Lipinski definition) is 9. The van der Waals surface area contributed by atoms with Crippen LogP contribution in [0.25, 0.3) is 0 Å². The maximum Gasteiger partial charge on any atom is 0.436 e. The predicted octanol–water partition coefficient (Wildman–Crippen LogP) is 5.12. The lowest BCUT2D eigenvalue weighted by molar-refractivity contribution is 0.0433. The number of hydrogen-bond donors (Lipinski definition) is 1. The zero-order valence-corrected chi connectivity index (χ0v) is 21.7. The molecule has 0 fully saturated rings. The van der Waals surface area contributed by atoms with Crippen LogP contribution in [0.5, 0.6) is 0 Å². The van der Waals surface area contributed by atoms with Gasteiger partial charge in [-0.3, -0.25) is 5.10 Å². The van der Waals surface area contributed by atoms with E-state index in [2.05, 4.69) is 47.2 Å². The average molecular weight is 595 g/mol. The molecule has 0 spiro atoms. The van der Waals surface area contributed by atoms with Crippen molar-refractivity contribution in [3.8, 4) is 6.07 Å². The van der Waals surface area contributed by atoms with Crippen molar-refractivity contribution in [2.75, 3.05) is 13.2 Å². The highest BCUT2D eigenvalue weighted by atomic mass is 79.9. The standard InChI is InChI=1S/C11H15BrN2O4.C6H7BrN2O2.C2H3N.CH4/c1-5-17-9(15)7-6-8(12)13-14(7)10(16)18-11(2,3)4;1-2-11-6(10)4-3-5(7)9-8-4;1-2-3;/h6H,5H2,1-4H3;3H,2H2,1H3,(H,8,9);1H3;1H4. The van der Waals surface area contributed by atoms with Gasteiger partial charge in [0, 0.05) is 19.1 Å². The van der Waals surface area contributed by atoms with Gasteiger partial charge in [0.2, 0.25) is 0 Å². The minimum absolute atomic E-state index is 0. The molecule has 1 N–H and O–H groups in total. The summed E-state index contributed by atoms with van der Waals surface area (Å²) in [5, 5.41) is 17.4. The second-order valence-electron chi connectivity index (χ2n) is 6.51. The Bertz CT molecular complexity index is 944. The monoisotopic (exact) mass is 593 g/mol. The Hall–Kier alpha value is -2.72. The molecule has 33 heavy (non-hydrogen) atoms. The Kier molecular flexibility index (Phi) is 15.7. The van der Waals surface area contributed by atoms with Crippen molar-refractivity contribution >= 4 is 49.9 Å². The molecule has 2 heterocycles. The molecule has 2 aromatic rings. The van der Waals surface area contributed by atoms with Gasteiger partial charge >= 0.3 is 18.0 Å². The van der Waals surface area contributed by atoms with E-state index in [1.54, 1.807) is 46.8 Å². The van der Waals surface area contributed by atoms with Gasteiger partial charge in [0.1, 0.15) is 14.8 Å². The number of nitriles is 1. The number of H-pyrrole nitrogens is 1. The summed E-state index contributed by atoms with van der Waals surface area (Å²) >= 11 is 6.23. The molecule has 184 valence electrons. The van der Waals surface area contributed by atoms with Crippen LogP contribution in [-0.2, 0) is 14.2 Å². The largest absolute Gasteiger partial charge is 0.461 e. The number of halogens is 2. The molecule has 11 nitrogen and oxygen atoms in total. The zero-order chi connectivity index (χ0) is 24.9. The van der Waals surface area contributed by atoms with Crippen molar-refractivity contribution in [1.29, 1.82) is 5.26 Å². The molecule has 0 unspecified atom stereocenters. The molecule has 0 atom stereocenters. The van der Waals surface area contributed by atoms with Crippen LogP contribution in [0.15, 0.2) is 21.3 Å². The van der Waals surface area contributed by atoms with E-state index in [0.29, 0.717) is 21.5 Å². The Labute approximate surface area is 210 Å². The first-order valence-electron chi connectivity index (χ1n) is 9.24. The van der Waals surface area contributed by atoms with Crippen LogP contribution in [0.1, 0.15) is 69.9 Å². The van der Waals surface area contributed by atoms with Crippen LogP contribution in [0, 0.1) is 11.3 Å². The Morgan fingerprint density at radius 2 is 1.64 bits per heavy atom. The molecule has 2 rings (SSSR count). The van der Waals surface area contributed by atoms with Crippen LogP contribution in [-0.4, -0.2) is 56.8 Å². The number of rotatable bonds is 4. The van der Waals surface area contributed by atoms with Gasteiger partial charge in [0.15, 0.2) is 11.4 Å². The van der Waals surface area contributed by atoms with Gasteiger partial charge in [-0.05, 0) is 66.5 Å². The third-order valence-electron chi connectivity index (χ3n) is 2.76. The number of ether oxygens (including phenoxy) is 3. The van der Waals surface area contributed by atoms with E-state index in [0.717, 1.165) is 4.68 Å². The lowest BCUT2D eigenvalue weighted by Crippen LogP contribution is -2.29. The van der Waals surface area contributed by atoms with Crippen molar-refractivity contribution in [2.24, 2.45) is 0 Å². The summed E-state index contributed by atoms with van der Waals surface area (Å²) in [6, 6.07) is 4.72. The van der Waals surface area contributed by atoms with Crippen LogP contribution in [0.2, 0.25) is 0 Å². The van der Waals surface area contributed by atoms with Gasteiger partial charge in [-0.25, -0.2) is 14.4 Å². The molecule has 0 saturated carbocycles. The minimum Gasteiger partial charge on any atom is -0.461 e. The molecule has 13 heteroatoms. The van der Waals surface area contributed by atoms with E-state index >= 15 is 0 Å². The average Bonchev–Trinajstić information content (AvgIpc) is 3.28. The van der Waals surface area contributed by atoms with Crippen LogP contribution < -0.4 is 0 Å². The van der Waals surface area contributed by atoms with Crippen LogP contribution in [0.4, 0.5) is 4.79 Å². The molecular formula is C20H29Br2N5O6. The second-order valence-corrected chi connectivity index (χ2v) is 8.18. The third-order valence-corrected chi connectivity index (χ3v) is 3.56. The summed E-state index contributed by atoms with van der Waals surface area (Å²) in [7, 11) is 0. The molecule has 0 bridgehead atoms. The smallest absolute Gasteiger partial charge is 0.436 e. The summed E-state index contributed by atoms with van der Waals surface area (Å²) in [6.07, 6.45) is -0.726. The van der Waals surface area contributed by atoms with E-state index in [1.807, 2.05) is 0 Å². The molecule has 0 radical (unpaired) electrons. The molecular weight excluding hydrogens is 566 g/mol. The second kappa shape index (κ2) is 16.0. The molecule has 0 amide bonds. The lowest BCUT2D eigenvalue weighted by Gasteiger charge is -2.19. The van der Waals surface area contributed by atoms with E-state index in [1.165, 1.54) is 13.0 Å². The number of aromatic amines is 1. The Balaban J connectivity index is 0. The number of nitrogens with one attached hydrogen (secondary N) is 1. The maximum atomic E-state index is 11.9. The first-order valence-corrected chi connectivity index (χ1v) is 10.8. The summed E-state index contributed by atoms with van der Waals surface area (Å²) in [5.41, 5.74) is -0.349. The highest BCUT2D eigenvalue weighted by Crippen LogP contribution is 2.15. The number of esters is 2. The summed E-state index contributed by atoms with van der Waals surface area (Å²) < 4.78 is 16.6. The number of carbonyl (C=O) groups excluding carboxylic acids is 3. The molecule has 0 aliphatic carbocycles. The predicted molar refractivity (Wildman–Crippen MR) is 128 cm³/mol. The van der Waals surface area contributed by atoms with Crippen molar-refractivity contribution < 1.29 is 28.6 Å². The third kappa shape index (κ3) is 12.8. The van der Waals surface area contributed by atoms with Gasteiger partial charge in [-0.1, -0.05) is 7.43 Å². The van der Waals surface area contributed by atoms with Gasteiger partial charge < -0.3 is 14.2 Å². The molecule has 0 aliphatic rings. The fourth-order valence-corrected chi connectivity index (χ4v) is 2.44. The number of nitrogens with zero attached hydrogens (tertiary/aromatic N) is 4. The van der Waals surface area contributed by atoms with E-state index in [-0.39, 0.29) is 19.7 Å².